The van der Waals surface area contributed by atoms with Crippen LogP contribution >= 0.6 is 0 Å². The zero-order valence-electron chi connectivity index (χ0n) is 17.0. The van der Waals surface area contributed by atoms with Crippen LogP contribution in [0.15, 0.2) is 91.0 Å². The predicted octanol–water partition coefficient (Wildman–Crippen LogP) is 5.39. The number of hydrogen-bond acceptors (Lipinski definition) is 2. The number of likely N-dealkylation sites (tertiary alicyclic amines) is 1. The van der Waals surface area contributed by atoms with Gasteiger partial charge in [0.15, 0.2) is 0 Å². The van der Waals surface area contributed by atoms with Crippen LogP contribution in [-0.2, 0) is 10.3 Å². The molecule has 1 saturated heterocycles. The minimum atomic E-state index is -0.847. The molecule has 4 heteroatoms. The van der Waals surface area contributed by atoms with Crippen LogP contribution in [0, 0.1) is 5.92 Å². The summed E-state index contributed by atoms with van der Waals surface area (Å²) in [6, 6.07) is 30.8. The van der Waals surface area contributed by atoms with E-state index in [1.54, 1.807) is 0 Å². The first kappa shape index (κ1) is 20.2. The minimum absolute atomic E-state index is 0.172. The number of carboxylic acid groups (broad SMARTS) is 1. The number of rotatable bonds is 6. The van der Waals surface area contributed by atoms with E-state index in [0.717, 1.165) is 29.5 Å². The molecule has 3 aromatic carbocycles. The molecule has 1 aliphatic heterocycles. The van der Waals surface area contributed by atoms with E-state index in [9.17, 15) is 9.90 Å². The van der Waals surface area contributed by atoms with Gasteiger partial charge >= 0.3 is 6.09 Å². The Morgan fingerprint density at radius 2 is 1.33 bits per heavy atom. The molecular weight excluding hydrogens is 374 g/mol. The van der Waals surface area contributed by atoms with Gasteiger partial charge in [0.2, 0.25) is 0 Å². The number of nitrogens with zero attached hydrogens (tertiary/aromatic N) is 1. The molecule has 1 heterocycles. The van der Waals surface area contributed by atoms with Crippen molar-refractivity contribution in [2.75, 3.05) is 19.7 Å². The van der Waals surface area contributed by atoms with Gasteiger partial charge in [0.05, 0.1) is 6.61 Å². The van der Waals surface area contributed by atoms with Crippen molar-refractivity contribution in [3.63, 3.8) is 0 Å². The molecule has 3 aromatic rings. The summed E-state index contributed by atoms with van der Waals surface area (Å²) in [6.07, 6.45) is 0.994. The Balaban J connectivity index is 1.74. The lowest BCUT2D eigenvalue weighted by Gasteiger charge is -2.38. The lowest BCUT2D eigenvalue weighted by molar-refractivity contribution is -0.0210. The van der Waals surface area contributed by atoms with Crippen molar-refractivity contribution in [1.82, 2.24) is 4.90 Å². The number of ether oxygens (including phenoxy) is 1. The van der Waals surface area contributed by atoms with E-state index in [1.165, 1.54) is 4.90 Å². The van der Waals surface area contributed by atoms with Crippen LogP contribution in [0.4, 0.5) is 4.79 Å². The molecule has 0 radical (unpaired) electrons. The van der Waals surface area contributed by atoms with Crippen LogP contribution in [-0.4, -0.2) is 35.8 Å². The Hall–Kier alpha value is -3.11. The highest BCUT2D eigenvalue weighted by molar-refractivity contribution is 5.65. The summed E-state index contributed by atoms with van der Waals surface area (Å²) in [6.45, 7) is 1.61. The predicted molar refractivity (Wildman–Crippen MR) is 117 cm³/mol. The lowest BCUT2D eigenvalue weighted by Crippen LogP contribution is -2.42. The van der Waals surface area contributed by atoms with Gasteiger partial charge in [0, 0.05) is 19.0 Å². The van der Waals surface area contributed by atoms with E-state index in [1.807, 2.05) is 54.6 Å². The third-order valence-corrected chi connectivity index (χ3v) is 5.87. The summed E-state index contributed by atoms with van der Waals surface area (Å²) in [5, 5.41) is 9.40. The largest absolute Gasteiger partial charge is 0.465 e. The Labute approximate surface area is 177 Å². The highest BCUT2D eigenvalue weighted by atomic mass is 16.5. The van der Waals surface area contributed by atoms with Gasteiger partial charge in [0.1, 0.15) is 5.60 Å². The lowest BCUT2D eigenvalue weighted by atomic mass is 9.80. The summed E-state index contributed by atoms with van der Waals surface area (Å²) in [4.78, 5) is 13.0. The second-order valence-electron chi connectivity index (χ2n) is 7.83. The Bertz CT molecular complexity index is 847. The van der Waals surface area contributed by atoms with Gasteiger partial charge in [-0.2, -0.15) is 0 Å². The van der Waals surface area contributed by atoms with E-state index >= 15 is 0 Å². The number of amides is 1. The second-order valence-corrected chi connectivity index (χ2v) is 7.83. The Morgan fingerprint density at radius 1 is 0.867 bits per heavy atom. The SMILES string of the molecule is O=C(O)N1CCCC(COC(c2ccccc2)(c2ccccc2)c2ccccc2)C1. The third kappa shape index (κ3) is 4.10. The molecule has 1 aliphatic rings. The molecule has 4 nitrogen and oxygen atoms in total. The maximum atomic E-state index is 11.5. The van der Waals surface area contributed by atoms with Crippen molar-refractivity contribution in [1.29, 1.82) is 0 Å². The summed E-state index contributed by atoms with van der Waals surface area (Å²) in [7, 11) is 0. The summed E-state index contributed by atoms with van der Waals surface area (Å²) in [5.74, 6) is 0.172. The minimum Gasteiger partial charge on any atom is -0.465 e. The first-order valence-electron chi connectivity index (χ1n) is 10.5. The highest BCUT2D eigenvalue weighted by Crippen LogP contribution is 2.41. The molecule has 1 unspecified atom stereocenters. The van der Waals surface area contributed by atoms with E-state index in [4.69, 9.17) is 4.74 Å². The van der Waals surface area contributed by atoms with Gasteiger partial charge in [0.25, 0.3) is 0 Å². The van der Waals surface area contributed by atoms with E-state index in [0.29, 0.717) is 19.7 Å². The fourth-order valence-electron chi connectivity index (χ4n) is 4.39. The van der Waals surface area contributed by atoms with E-state index < -0.39 is 11.7 Å². The fraction of sp³-hybridized carbons (Fsp3) is 0.269. The van der Waals surface area contributed by atoms with Crippen LogP contribution < -0.4 is 0 Å². The standard InChI is InChI=1S/C26H27NO3/c28-25(29)27-18-10-11-21(19-27)20-30-26(22-12-4-1-5-13-22,23-14-6-2-7-15-23)24-16-8-3-9-17-24/h1-9,12-17,21H,10-11,18-20H2,(H,28,29). The van der Waals surface area contributed by atoms with Gasteiger partial charge in [-0.05, 0) is 29.5 Å². The maximum Gasteiger partial charge on any atom is 0.407 e. The zero-order chi connectivity index (χ0) is 20.8. The van der Waals surface area contributed by atoms with Crippen molar-refractivity contribution < 1.29 is 14.6 Å². The smallest absolute Gasteiger partial charge is 0.407 e. The van der Waals surface area contributed by atoms with Gasteiger partial charge < -0.3 is 14.7 Å². The first-order chi connectivity index (χ1) is 14.7. The van der Waals surface area contributed by atoms with Crippen molar-refractivity contribution >= 4 is 6.09 Å². The van der Waals surface area contributed by atoms with Crippen molar-refractivity contribution in [3.8, 4) is 0 Å². The van der Waals surface area contributed by atoms with Crippen LogP contribution in [0.5, 0.6) is 0 Å². The van der Waals surface area contributed by atoms with Crippen LogP contribution in [0.2, 0.25) is 0 Å². The average molecular weight is 402 g/mol. The first-order valence-corrected chi connectivity index (χ1v) is 10.5. The van der Waals surface area contributed by atoms with Crippen molar-refractivity contribution in [3.05, 3.63) is 108 Å². The zero-order valence-corrected chi connectivity index (χ0v) is 17.0. The topological polar surface area (TPSA) is 49.8 Å². The van der Waals surface area contributed by atoms with E-state index in [2.05, 4.69) is 36.4 Å². The molecule has 0 aromatic heterocycles. The van der Waals surface area contributed by atoms with E-state index in [-0.39, 0.29) is 5.92 Å². The fourth-order valence-corrected chi connectivity index (χ4v) is 4.39. The Kier molecular flexibility index (Phi) is 6.15. The number of piperidine rings is 1. The van der Waals surface area contributed by atoms with Crippen molar-refractivity contribution in [2.24, 2.45) is 5.92 Å². The number of carbonyl (C=O) groups is 1. The van der Waals surface area contributed by atoms with Gasteiger partial charge in [-0.15, -0.1) is 0 Å². The van der Waals surface area contributed by atoms with Crippen molar-refractivity contribution in [2.45, 2.75) is 18.4 Å². The molecule has 1 amide bonds. The van der Waals surface area contributed by atoms with Gasteiger partial charge in [-0.25, -0.2) is 4.79 Å². The summed E-state index contributed by atoms with van der Waals surface area (Å²) in [5.41, 5.74) is 2.44. The molecule has 154 valence electrons. The summed E-state index contributed by atoms with van der Waals surface area (Å²) < 4.78 is 6.84. The maximum absolute atomic E-state index is 11.5. The number of hydrogen-bond donors (Lipinski definition) is 1. The molecule has 0 spiro atoms. The van der Waals surface area contributed by atoms with Gasteiger partial charge in [-0.1, -0.05) is 91.0 Å². The molecule has 0 bridgehead atoms. The third-order valence-electron chi connectivity index (χ3n) is 5.87. The second kappa shape index (κ2) is 9.14. The molecule has 1 N–H and O–H groups in total. The Morgan fingerprint density at radius 3 is 1.77 bits per heavy atom. The average Bonchev–Trinajstić information content (AvgIpc) is 2.82. The van der Waals surface area contributed by atoms with Crippen LogP contribution in [0.1, 0.15) is 29.5 Å². The molecule has 30 heavy (non-hydrogen) atoms. The normalized spacial score (nSPS) is 16.9. The monoisotopic (exact) mass is 401 g/mol. The van der Waals surface area contributed by atoms with Crippen LogP contribution in [0.3, 0.4) is 0 Å². The molecule has 0 saturated carbocycles. The summed E-state index contributed by atoms with van der Waals surface area (Å²) >= 11 is 0. The highest BCUT2D eigenvalue weighted by Gasteiger charge is 2.38. The molecule has 1 fully saturated rings. The number of benzene rings is 3. The molecule has 0 aliphatic carbocycles. The molecule has 1 atom stereocenters. The van der Waals surface area contributed by atoms with Crippen LogP contribution in [0.25, 0.3) is 0 Å². The quantitative estimate of drug-likeness (QED) is 0.564. The van der Waals surface area contributed by atoms with Gasteiger partial charge in [-0.3, -0.25) is 0 Å². The molecular formula is C26H27NO3. The molecule has 4 rings (SSSR count).